The topological polar surface area (TPSA) is 67.0 Å². The second-order valence-electron chi connectivity index (χ2n) is 7.05. The quantitative estimate of drug-likeness (QED) is 0.362. The van der Waals surface area contributed by atoms with Gasteiger partial charge in [-0.3, -0.25) is 4.79 Å². The molecule has 5 rings (SSSR count). The van der Waals surface area contributed by atoms with Crippen LogP contribution in [0.15, 0.2) is 103 Å². The van der Waals surface area contributed by atoms with Crippen LogP contribution in [0.3, 0.4) is 0 Å². The van der Waals surface area contributed by atoms with Gasteiger partial charge in [-0.25, -0.2) is 4.98 Å². The Morgan fingerprint density at radius 2 is 1.48 bits per heavy atom. The van der Waals surface area contributed by atoms with Gasteiger partial charge in [0.2, 0.25) is 0 Å². The number of nitrogens with one attached hydrogen (secondary N) is 2. The van der Waals surface area contributed by atoms with Gasteiger partial charge in [0.15, 0.2) is 5.75 Å². The van der Waals surface area contributed by atoms with E-state index in [0.717, 1.165) is 22.4 Å². The lowest BCUT2D eigenvalue weighted by Gasteiger charge is -2.12. The summed E-state index contributed by atoms with van der Waals surface area (Å²) < 4.78 is 5.92. The Balaban J connectivity index is 1.34. The molecule has 5 heteroatoms. The molecule has 1 amide bonds. The number of anilines is 1. The van der Waals surface area contributed by atoms with Crippen molar-refractivity contribution in [1.29, 1.82) is 0 Å². The normalized spacial score (nSPS) is 10.7. The number of carbonyl (C=O) groups excluding carboxylic acids is 1. The van der Waals surface area contributed by atoms with E-state index in [4.69, 9.17) is 4.74 Å². The number of para-hydroxylation sites is 5. The Morgan fingerprint density at radius 1 is 0.774 bits per heavy atom. The third kappa shape index (κ3) is 4.02. The molecule has 0 bridgehead atoms. The number of rotatable bonds is 5. The number of ether oxygens (including phenoxy) is 1. The first-order valence-corrected chi connectivity index (χ1v) is 9.95. The van der Waals surface area contributed by atoms with Gasteiger partial charge in [-0.05, 0) is 48.5 Å². The van der Waals surface area contributed by atoms with Gasteiger partial charge in [-0.2, -0.15) is 0 Å². The fraction of sp³-hybridized carbons (Fsp3) is 0. The van der Waals surface area contributed by atoms with E-state index in [1.165, 1.54) is 0 Å². The highest BCUT2D eigenvalue weighted by atomic mass is 16.5. The summed E-state index contributed by atoms with van der Waals surface area (Å²) in [5.74, 6) is 1.86. The van der Waals surface area contributed by atoms with Gasteiger partial charge in [0, 0.05) is 11.1 Å². The molecule has 5 nitrogen and oxygen atoms in total. The lowest BCUT2D eigenvalue weighted by Crippen LogP contribution is -2.12. The molecule has 1 aromatic heterocycles. The number of hydrogen-bond acceptors (Lipinski definition) is 3. The van der Waals surface area contributed by atoms with Crippen LogP contribution >= 0.6 is 0 Å². The number of hydrogen-bond donors (Lipinski definition) is 2. The highest BCUT2D eigenvalue weighted by Gasteiger charge is 2.12. The maximum absolute atomic E-state index is 12.8. The fourth-order valence-electron chi connectivity index (χ4n) is 3.34. The first-order valence-electron chi connectivity index (χ1n) is 9.95. The molecule has 0 saturated heterocycles. The van der Waals surface area contributed by atoms with E-state index in [-0.39, 0.29) is 5.91 Å². The van der Waals surface area contributed by atoms with E-state index in [1.54, 1.807) is 12.1 Å². The van der Waals surface area contributed by atoms with Crippen LogP contribution < -0.4 is 10.1 Å². The zero-order chi connectivity index (χ0) is 21.0. The minimum atomic E-state index is -0.208. The predicted molar refractivity (Wildman–Crippen MR) is 122 cm³/mol. The number of carbonyl (C=O) groups is 1. The smallest absolute Gasteiger partial charge is 0.255 e. The Morgan fingerprint density at radius 3 is 2.29 bits per heavy atom. The molecule has 0 aliphatic carbocycles. The maximum Gasteiger partial charge on any atom is 0.255 e. The molecule has 150 valence electrons. The van der Waals surface area contributed by atoms with Gasteiger partial charge < -0.3 is 15.0 Å². The zero-order valence-corrected chi connectivity index (χ0v) is 16.6. The lowest BCUT2D eigenvalue weighted by molar-refractivity contribution is 0.102. The summed E-state index contributed by atoms with van der Waals surface area (Å²) in [7, 11) is 0. The Kier molecular flexibility index (Phi) is 4.91. The molecule has 4 aromatic carbocycles. The summed E-state index contributed by atoms with van der Waals surface area (Å²) in [5.41, 5.74) is 3.97. The molecule has 0 saturated carbocycles. The second-order valence-corrected chi connectivity index (χ2v) is 7.05. The molecule has 0 fully saturated rings. The van der Waals surface area contributed by atoms with E-state index in [0.29, 0.717) is 22.7 Å². The minimum Gasteiger partial charge on any atom is -0.455 e. The van der Waals surface area contributed by atoms with Crippen molar-refractivity contribution in [2.24, 2.45) is 0 Å². The fourth-order valence-corrected chi connectivity index (χ4v) is 3.34. The van der Waals surface area contributed by atoms with Gasteiger partial charge in [0.1, 0.15) is 11.6 Å². The van der Waals surface area contributed by atoms with Crippen LogP contribution in [0.1, 0.15) is 10.4 Å². The monoisotopic (exact) mass is 405 g/mol. The van der Waals surface area contributed by atoms with Crippen LogP contribution in [-0.2, 0) is 0 Å². The number of aromatic nitrogens is 2. The number of aromatic amines is 1. The van der Waals surface area contributed by atoms with Crippen LogP contribution in [0.4, 0.5) is 5.69 Å². The standard InChI is InChI=1S/C26H19N3O2/c30-26(29-23-12-6-7-13-24(23)31-20-8-2-1-3-9-20)19-16-14-18(15-17-19)25-27-21-10-4-5-11-22(21)28-25/h1-17H,(H,27,28)(H,29,30). The molecule has 0 aliphatic heterocycles. The van der Waals surface area contributed by atoms with Gasteiger partial charge in [-0.15, -0.1) is 0 Å². The van der Waals surface area contributed by atoms with Crippen molar-refractivity contribution < 1.29 is 9.53 Å². The van der Waals surface area contributed by atoms with Crippen LogP contribution in [0.25, 0.3) is 22.4 Å². The second kappa shape index (κ2) is 8.16. The van der Waals surface area contributed by atoms with E-state index in [9.17, 15) is 4.79 Å². The molecule has 5 aromatic rings. The van der Waals surface area contributed by atoms with E-state index in [2.05, 4.69) is 15.3 Å². The zero-order valence-electron chi connectivity index (χ0n) is 16.6. The molecule has 0 radical (unpaired) electrons. The lowest BCUT2D eigenvalue weighted by atomic mass is 10.1. The number of nitrogens with zero attached hydrogens (tertiary/aromatic N) is 1. The summed E-state index contributed by atoms with van der Waals surface area (Å²) in [5, 5.41) is 2.94. The first kappa shape index (κ1) is 18.6. The third-order valence-electron chi connectivity index (χ3n) is 4.92. The van der Waals surface area contributed by atoms with E-state index < -0.39 is 0 Å². The van der Waals surface area contributed by atoms with Crippen molar-refractivity contribution in [2.75, 3.05) is 5.32 Å². The number of H-pyrrole nitrogens is 1. The highest BCUT2D eigenvalue weighted by Crippen LogP contribution is 2.29. The molecule has 31 heavy (non-hydrogen) atoms. The van der Waals surface area contributed by atoms with Crippen molar-refractivity contribution in [1.82, 2.24) is 9.97 Å². The summed E-state index contributed by atoms with van der Waals surface area (Å²) in [6.07, 6.45) is 0. The van der Waals surface area contributed by atoms with Crippen molar-refractivity contribution in [3.05, 3.63) is 109 Å². The summed E-state index contributed by atoms with van der Waals surface area (Å²) in [6.45, 7) is 0. The average molecular weight is 405 g/mol. The van der Waals surface area contributed by atoms with Crippen molar-refractivity contribution >= 4 is 22.6 Å². The van der Waals surface area contributed by atoms with Gasteiger partial charge in [0.05, 0.1) is 16.7 Å². The molecule has 0 unspecified atom stereocenters. The molecule has 1 heterocycles. The predicted octanol–water partition coefficient (Wildman–Crippen LogP) is 6.27. The molecule has 2 N–H and O–H groups in total. The number of benzene rings is 4. The van der Waals surface area contributed by atoms with Crippen LogP contribution in [0.5, 0.6) is 11.5 Å². The molecule has 0 atom stereocenters. The Bertz CT molecular complexity index is 1310. The van der Waals surface area contributed by atoms with Crippen molar-refractivity contribution in [2.45, 2.75) is 0 Å². The van der Waals surface area contributed by atoms with Crippen molar-refractivity contribution in [3.8, 4) is 22.9 Å². The average Bonchev–Trinajstić information content (AvgIpc) is 3.25. The summed E-state index contributed by atoms with van der Waals surface area (Å²) in [4.78, 5) is 20.7. The molecular weight excluding hydrogens is 386 g/mol. The van der Waals surface area contributed by atoms with Crippen LogP contribution in [0.2, 0.25) is 0 Å². The largest absolute Gasteiger partial charge is 0.455 e. The maximum atomic E-state index is 12.8. The summed E-state index contributed by atoms with van der Waals surface area (Å²) >= 11 is 0. The number of fused-ring (bicyclic) bond motifs is 1. The van der Waals surface area contributed by atoms with E-state index >= 15 is 0 Å². The van der Waals surface area contributed by atoms with Gasteiger partial charge in [-0.1, -0.05) is 54.6 Å². The van der Waals surface area contributed by atoms with E-state index in [1.807, 2.05) is 91.0 Å². The minimum absolute atomic E-state index is 0.208. The number of amides is 1. The molecule has 0 aliphatic rings. The number of imidazole rings is 1. The summed E-state index contributed by atoms with van der Waals surface area (Å²) in [6, 6.07) is 32.1. The van der Waals surface area contributed by atoms with Crippen molar-refractivity contribution in [3.63, 3.8) is 0 Å². The molecule has 0 spiro atoms. The first-order chi connectivity index (χ1) is 15.3. The highest BCUT2D eigenvalue weighted by molar-refractivity contribution is 6.05. The van der Waals surface area contributed by atoms with Crippen LogP contribution in [-0.4, -0.2) is 15.9 Å². The Hall–Kier alpha value is -4.38. The SMILES string of the molecule is O=C(Nc1ccccc1Oc1ccccc1)c1ccc(-c2nc3ccccc3[nH]2)cc1. The van der Waals surface area contributed by atoms with Crippen LogP contribution in [0, 0.1) is 0 Å². The molecular formula is C26H19N3O2. The van der Waals surface area contributed by atoms with Gasteiger partial charge >= 0.3 is 0 Å². The Labute approximate surface area is 179 Å². The third-order valence-corrected chi connectivity index (χ3v) is 4.92. The van der Waals surface area contributed by atoms with Gasteiger partial charge in [0.25, 0.3) is 5.91 Å².